The van der Waals surface area contributed by atoms with Gasteiger partial charge in [-0.25, -0.2) is 4.79 Å². The molecule has 0 radical (unpaired) electrons. The van der Waals surface area contributed by atoms with Crippen LogP contribution < -0.4 is 0 Å². The normalized spacial score (nSPS) is 18.5. The topological polar surface area (TPSA) is 51.5 Å². The highest BCUT2D eigenvalue weighted by Gasteiger charge is 2.46. The van der Waals surface area contributed by atoms with Crippen molar-refractivity contribution >= 4 is 11.9 Å². The van der Waals surface area contributed by atoms with E-state index in [0.717, 1.165) is 42.8 Å². The second-order valence-corrected chi connectivity index (χ2v) is 8.35. The molecule has 4 rings (SSSR count). The lowest BCUT2D eigenvalue weighted by Gasteiger charge is -2.30. The van der Waals surface area contributed by atoms with Gasteiger partial charge in [-0.3, -0.25) is 9.69 Å². The van der Waals surface area contributed by atoms with E-state index in [-0.39, 0.29) is 24.0 Å². The predicted molar refractivity (Wildman–Crippen MR) is 108 cm³/mol. The highest BCUT2D eigenvalue weighted by Crippen LogP contribution is 2.37. The number of Topliss-reactive ketones (excluding diaryl/α,β-unsaturated/α-hetero) is 1. The molecule has 2 fully saturated rings. The Labute approximate surface area is 166 Å². The molecule has 1 saturated carbocycles. The Hall–Kier alpha value is -2.56. The number of amides is 1. The average Bonchev–Trinajstić information content (AvgIpc) is 3.11. The Morgan fingerprint density at radius 2 is 1.86 bits per heavy atom. The van der Waals surface area contributed by atoms with E-state index in [1.807, 2.05) is 32.0 Å². The quantitative estimate of drug-likeness (QED) is 0.720. The van der Waals surface area contributed by atoms with Crippen molar-refractivity contribution in [3.05, 3.63) is 52.8 Å². The lowest BCUT2D eigenvalue weighted by atomic mass is 9.85. The van der Waals surface area contributed by atoms with Crippen molar-refractivity contribution in [2.75, 3.05) is 13.1 Å². The summed E-state index contributed by atoms with van der Waals surface area (Å²) in [6.07, 6.45) is 4.85. The van der Waals surface area contributed by atoms with Crippen LogP contribution >= 0.6 is 0 Å². The fraction of sp³-hybridized carbons (Fsp3) is 0.478. The van der Waals surface area contributed by atoms with E-state index in [1.165, 1.54) is 12.0 Å². The molecule has 1 aliphatic carbocycles. The minimum Gasteiger partial charge on any atom is -0.441 e. The molecule has 1 saturated heterocycles. The summed E-state index contributed by atoms with van der Waals surface area (Å²) in [7, 11) is 0. The zero-order chi connectivity index (χ0) is 19.9. The Morgan fingerprint density at radius 3 is 2.57 bits per heavy atom. The maximum Gasteiger partial charge on any atom is 0.410 e. The van der Waals surface area contributed by atoms with Crippen LogP contribution in [-0.2, 0) is 4.74 Å². The van der Waals surface area contributed by atoms with Crippen LogP contribution in [0.4, 0.5) is 4.79 Å². The number of ketones is 1. The molecule has 1 amide bonds. The van der Waals surface area contributed by atoms with Gasteiger partial charge in [0, 0.05) is 22.6 Å². The number of hydrogen-bond acceptors (Lipinski definition) is 3. The van der Waals surface area contributed by atoms with Crippen LogP contribution in [0.1, 0.15) is 59.4 Å². The van der Waals surface area contributed by atoms with Gasteiger partial charge in [-0.1, -0.05) is 18.6 Å². The van der Waals surface area contributed by atoms with Crippen molar-refractivity contribution in [3.8, 4) is 5.69 Å². The first kappa shape index (κ1) is 18.8. The standard InChI is InChI=1S/C23H28N2O3/c1-16-8-7-9-19(12-16)25-17(2)13-20(18(25)3)21(26)14-24-15-23(28-22(24)27)10-5-4-6-11-23/h7-9,12-13H,4-6,10-11,14-15H2,1-3H3. The summed E-state index contributed by atoms with van der Waals surface area (Å²) in [4.78, 5) is 27.0. The van der Waals surface area contributed by atoms with Crippen molar-refractivity contribution in [2.24, 2.45) is 0 Å². The number of carbonyl (C=O) groups is 2. The lowest BCUT2D eigenvalue weighted by molar-refractivity contribution is 0.0260. The molecule has 2 heterocycles. The van der Waals surface area contributed by atoms with E-state index in [9.17, 15) is 9.59 Å². The van der Waals surface area contributed by atoms with Gasteiger partial charge in [0.15, 0.2) is 5.78 Å². The van der Waals surface area contributed by atoms with Gasteiger partial charge in [-0.05, 0) is 70.2 Å². The van der Waals surface area contributed by atoms with Crippen molar-refractivity contribution in [1.29, 1.82) is 0 Å². The summed E-state index contributed by atoms with van der Waals surface area (Å²) in [5.41, 5.74) is 4.46. The van der Waals surface area contributed by atoms with Gasteiger partial charge in [0.25, 0.3) is 0 Å². The van der Waals surface area contributed by atoms with Gasteiger partial charge >= 0.3 is 6.09 Å². The third-order valence-corrected chi connectivity index (χ3v) is 6.13. The lowest BCUT2D eigenvalue weighted by Crippen LogP contribution is -2.38. The van der Waals surface area contributed by atoms with Crippen LogP contribution in [0, 0.1) is 20.8 Å². The minimum absolute atomic E-state index is 0.0307. The first-order valence-corrected chi connectivity index (χ1v) is 10.2. The van der Waals surface area contributed by atoms with Gasteiger partial charge in [0.1, 0.15) is 5.60 Å². The number of aryl methyl sites for hydroxylation is 2. The second-order valence-electron chi connectivity index (χ2n) is 8.35. The maximum absolute atomic E-state index is 13.0. The van der Waals surface area contributed by atoms with E-state index in [0.29, 0.717) is 12.1 Å². The minimum atomic E-state index is -0.367. The van der Waals surface area contributed by atoms with Gasteiger partial charge in [0.2, 0.25) is 0 Å². The molecule has 148 valence electrons. The Balaban J connectivity index is 1.54. The molecule has 28 heavy (non-hydrogen) atoms. The molecule has 1 aromatic carbocycles. The molecule has 2 aliphatic rings. The fourth-order valence-electron chi connectivity index (χ4n) is 4.74. The molecule has 1 aliphatic heterocycles. The smallest absolute Gasteiger partial charge is 0.410 e. The van der Waals surface area contributed by atoms with Crippen LogP contribution in [0.25, 0.3) is 5.69 Å². The molecule has 0 atom stereocenters. The molecular formula is C23H28N2O3. The van der Waals surface area contributed by atoms with E-state index in [2.05, 4.69) is 23.6 Å². The van der Waals surface area contributed by atoms with E-state index < -0.39 is 0 Å². The average molecular weight is 380 g/mol. The fourth-order valence-corrected chi connectivity index (χ4v) is 4.74. The summed E-state index contributed by atoms with van der Waals surface area (Å²) in [6.45, 7) is 6.65. The number of benzene rings is 1. The van der Waals surface area contributed by atoms with E-state index in [4.69, 9.17) is 4.74 Å². The van der Waals surface area contributed by atoms with Gasteiger partial charge in [-0.15, -0.1) is 0 Å². The largest absolute Gasteiger partial charge is 0.441 e. The highest BCUT2D eigenvalue weighted by molar-refractivity contribution is 6.00. The maximum atomic E-state index is 13.0. The van der Waals surface area contributed by atoms with Crippen LogP contribution in [0.15, 0.2) is 30.3 Å². The van der Waals surface area contributed by atoms with E-state index in [1.54, 1.807) is 4.90 Å². The van der Waals surface area contributed by atoms with Gasteiger partial charge < -0.3 is 9.30 Å². The molecular weight excluding hydrogens is 352 g/mol. The zero-order valence-electron chi connectivity index (χ0n) is 17.0. The number of carbonyl (C=O) groups excluding carboxylic acids is 2. The zero-order valence-corrected chi connectivity index (χ0v) is 17.0. The number of rotatable bonds is 4. The monoisotopic (exact) mass is 380 g/mol. The highest BCUT2D eigenvalue weighted by atomic mass is 16.6. The molecule has 0 N–H and O–H groups in total. The first-order chi connectivity index (χ1) is 13.4. The van der Waals surface area contributed by atoms with Crippen LogP contribution in [-0.4, -0.2) is 40.0 Å². The second kappa shape index (κ2) is 7.12. The molecule has 0 unspecified atom stereocenters. The van der Waals surface area contributed by atoms with Crippen LogP contribution in [0.5, 0.6) is 0 Å². The first-order valence-electron chi connectivity index (χ1n) is 10.2. The summed E-state index contributed by atoms with van der Waals surface area (Å²) in [6, 6.07) is 10.2. The molecule has 0 bridgehead atoms. The van der Waals surface area contributed by atoms with Crippen LogP contribution in [0.3, 0.4) is 0 Å². The SMILES string of the molecule is Cc1cccc(-n2c(C)cc(C(=O)CN3CC4(CCCCC4)OC3=O)c2C)c1. The molecule has 5 nitrogen and oxygen atoms in total. The third-order valence-electron chi connectivity index (χ3n) is 6.13. The van der Waals surface area contributed by atoms with E-state index >= 15 is 0 Å². The molecule has 1 aromatic heterocycles. The van der Waals surface area contributed by atoms with Crippen molar-refractivity contribution in [3.63, 3.8) is 0 Å². The summed E-state index contributed by atoms with van der Waals surface area (Å²) < 4.78 is 7.81. The van der Waals surface area contributed by atoms with Crippen molar-refractivity contribution < 1.29 is 14.3 Å². The molecule has 5 heteroatoms. The number of aromatic nitrogens is 1. The Bertz CT molecular complexity index is 922. The Morgan fingerprint density at radius 1 is 1.11 bits per heavy atom. The van der Waals surface area contributed by atoms with Gasteiger partial charge in [-0.2, -0.15) is 0 Å². The summed E-state index contributed by atoms with van der Waals surface area (Å²) in [5.74, 6) is -0.0307. The third kappa shape index (κ3) is 3.34. The van der Waals surface area contributed by atoms with Crippen LogP contribution in [0.2, 0.25) is 0 Å². The summed E-state index contributed by atoms with van der Waals surface area (Å²) >= 11 is 0. The number of nitrogens with zero attached hydrogens (tertiary/aromatic N) is 2. The molecule has 2 aromatic rings. The van der Waals surface area contributed by atoms with Crippen molar-refractivity contribution in [1.82, 2.24) is 9.47 Å². The number of hydrogen-bond donors (Lipinski definition) is 0. The molecule has 1 spiro atoms. The Kier molecular flexibility index (Phi) is 4.77. The van der Waals surface area contributed by atoms with Crippen molar-refractivity contribution in [2.45, 2.75) is 58.5 Å². The number of ether oxygens (including phenoxy) is 1. The summed E-state index contributed by atoms with van der Waals surface area (Å²) in [5, 5.41) is 0. The van der Waals surface area contributed by atoms with Gasteiger partial charge in [0.05, 0.1) is 13.1 Å². The predicted octanol–water partition coefficient (Wildman–Crippen LogP) is 4.74.